The van der Waals surface area contributed by atoms with Crippen molar-refractivity contribution in [3.05, 3.63) is 0 Å². The first-order valence-electron chi connectivity index (χ1n) is 2.64. The van der Waals surface area contributed by atoms with E-state index in [0.717, 1.165) is 0 Å². The minimum Gasteiger partial charge on any atom is -0.194 e. The Kier molecular flexibility index (Phi) is 3.42. The van der Waals surface area contributed by atoms with Crippen LogP contribution in [-0.2, 0) is 14.7 Å². The second-order valence-electron chi connectivity index (χ2n) is 1.84. The zero-order valence-corrected chi connectivity index (χ0v) is 7.63. The molecule has 61 valence electrons. The first kappa shape index (κ1) is 10.5. The Hall–Kier alpha value is 0.490. The molecule has 0 aromatic carbocycles. The number of hydrogen-bond donors (Lipinski definition) is 0. The van der Waals surface area contributed by atoms with E-state index in [0.29, 0.717) is 6.42 Å². The molecule has 0 heterocycles. The fraction of sp³-hybridized carbons (Fsp3) is 1.00. The van der Waals surface area contributed by atoms with Gasteiger partial charge in [-0.15, -0.1) is 0 Å². The summed E-state index contributed by atoms with van der Waals surface area (Å²) < 4.78 is 28.5. The van der Waals surface area contributed by atoms with E-state index in [9.17, 15) is 13.0 Å². The topological polar surface area (TPSA) is 54.0 Å². The van der Waals surface area contributed by atoms with Gasteiger partial charge in [0, 0.05) is 0 Å². The van der Waals surface area contributed by atoms with Gasteiger partial charge in [0.15, 0.2) is 0 Å². The molecule has 6 heteroatoms. The first-order chi connectivity index (χ1) is 4.31. The summed E-state index contributed by atoms with van der Waals surface area (Å²) in [6.45, 7) is 1.69. The summed E-state index contributed by atoms with van der Waals surface area (Å²) >= 11 is 10.4. The van der Waals surface area contributed by atoms with Crippen LogP contribution in [0.3, 0.4) is 0 Å². The summed E-state index contributed by atoms with van der Waals surface area (Å²) in [5.41, 5.74) is 0. The van der Waals surface area contributed by atoms with Crippen LogP contribution in [0.25, 0.3) is 0 Å². The van der Waals surface area contributed by atoms with Gasteiger partial charge in [-0.3, -0.25) is 0 Å². The molecule has 0 saturated heterocycles. The van der Waals surface area contributed by atoms with Crippen LogP contribution < -0.4 is 0 Å². The molecule has 0 amide bonds. The van der Waals surface area contributed by atoms with Gasteiger partial charge in [0.1, 0.15) is 0 Å². The fourth-order valence-electron chi connectivity index (χ4n) is 0.416. The minimum absolute atomic E-state index is 0.0397. The molecule has 0 atom stereocenters. The van der Waals surface area contributed by atoms with Gasteiger partial charge in [-0.2, -0.15) is 8.42 Å². The fourth-order valence-corrected chi connectivity index (χ4v) is 1.25. The average molecular weight is 206 g/mol. The van der Waals surface area contributed by atoms with Gasteiger partial charge in [0.25, 0.3) is 0 Å². The predicted octanol–water partition coefficient (Wildman–Crippen LogP) is 1.68. The molecule has 0 N–H and O–H groups in total. The van der Waals surface area contributed by atoms with Crippen molar-refractivity contribution >= 4 is 33.3 Å². The van der Waals surface area contributed by atoms with Gasteiger partial charge in [0.2, 0.25) is 3.67 Å². The lowest BCUT2D eigenvalue weighted by Gasteiger charge is -2.11. The second kappa shape index (κ2) is 3.26. The molecule has 0 aliphatic heterocycles. The van der Waals surface area contributed by atoms with Crippen LogP contribution >= 0.6 is 23.2 Å². The molecule has 0 aromatic heterocycles. The van der Waals surface area contributed by atoms with Gasteiger partial charge in [-0.1, -0.05) is 41.1 Å². The number of halogens is 2. The molecule has 0 saturated carbocycles. The van der Waals surface area contributed by atoms with E-state index in [1.165, 1.54) is 0 Å². The van der Waals surface area contributed by atoms with E-state index in [1.807, 2.05) is 0 Å². The van der Waals surface area contributed by atoms with Crippen LogP contribution in [0.15, 0.2) is 0 Å². The Balaban J connectivity index is 4.42. The van der Waals surface area contributed by atoms with Crippen LogP contribution in [0, 0.1) is 0 Å². The van der Waals surface area contributed by atoms with Crippen LogP contribution in [0.1, 0.15) is 19.8 Å². The minimum atomic E-state index is -4.58. The molecule has 1 radical (unpaired) electrons. The van der Waals surface area contributed by atoms with Crippen molar-refractivity contribution in [2.24, 2.45) is 0 Å². The van der Waals surface area contributed by atoms with Crippen molar-refractivity contribution in [1.29, 1.82) is 0 Å². The lowest BCUT2D eigenvalue weighted by atomic mass is 10.4. The molecular weight excluding hydrogens is 199 g/mol. The lowest BCUT2D eigenvalue weighted by molar-refractivity contribution is 0.404. The zero-order chi connectivity index (χ0) is 8.41. The van der Waals surface area contributed by atoms with Crippen LogP contribution in [0.4, 0.5) is 0 Å². The summed E-state index contributed by atoms with van der Waals surface area (Å²) in [5.74, 6) is 0. The average Bonchev–Trinajstić information content (AvgIpc) is 1.61. The third-order valence-electron chi connectivity index (χ3n) is 0.907. The van der Waals surface area contributed by atoms with E-state index in [2.05, 4.69) is 0 Å². The Labute approximate surface area is 70.1 Å². The molecular formula is C4H7Cl2O3S. The molecule has 0 bridgehead atoms. The van der Waals surface area contributed by atoms with Gasteiger partial charge in [0.05, 0.1) is 0 Å². The Morgan fingerprint density at radius 3 is 1.90 bits per heavy atom. The van der Waals surface area contributed by atoms with Gasteiger partial charge < -0.3 is 0 Å². The molecule has 0 unspecified atom stereocenters. The predicted molar refractivity (Wildman–Crippen MR) is 39.0 cm³/mol. The Bertz CT molecular complexity index is 197. The number of alkyl halides is 2. The van der Waals surface area contributed by atoms with E-state index < -0.39 is 13.8 Å². The van der Waals surface area contributed by atoms with Gasteiger partial charge in [-0.05, 0) is 6.42 Å². The highest BCUT2D eigenvalue weighted by atomic mass is 35.5. The summed E-state index contributed by atoms with van der Waals surface area (Å²) in [6, 6.07) is 0. The third kappa shape index (κ3) is 2.62. The van der Waals surface area contributed by atoms with E-state index in [1.54, 1.807) is 6.92 Å². The second-order valence-corrected chi connectivity index (χ2v) is 5.38. The van der Waals surface area contributed by atoms with Gasteiger partial charge >= 0.3 is 10.1 Å². The number of hydrogen-bond acceptors (Lipinski definition) is 2. The van der Waals surface area contributed by atoms with Crippen molar-refractivity contribution in [1.82, 2.24) is 0 Å². The summed E-state index contributed by atoms with van der Waals surface area (Å²) in [5, 5.41) is 0. The monoisotopic (exact) mass is 205 g/mol. The van der Waals surface area contributed by atoms with E-state index >= 15 is 0 Å². The molecule has 0 rings (SSSR count). The molecule has 0 spiro atoms. The van der Waals surface area contributed by atoms with E-state index in [-0.39, 0.29) is 6.42 Å². The van der Waals surface area contributed by atoms with Crippen LogP contribution in [0.5, 0.6) is 0 Å². The van der Waals surface area contributed by atoms with Crippen LogP contribution in [0.2, 0.25) is 0 Å². The molecule has 0 aliphatic carbocycles. The maximum absolute atomic E-state index is 10.2. The van der Waals surface area contributed by atoms with Crippen molar-refractivity contribution in [3.63, 3.8) is 0 Å². The smallest absolute Gasteiger partial charge is 0.194 e. The largest absolute Gasteiger partial charge is 0.328 e. The summed E-state index contributed by atoms with van der Waals surface area (Å²) in [7, 11) is -4.58. The van der Waals surface area contributed by atoms with E-state index in [4.69, 9.17) is 23.2 Å². The maximum Gasteiger partial charge on any atom is 0.328 e. The Morgan fingerprint density at radius 1 is 1.40 bits per heavy atom. The zero-order valence-electron chi connectivity index (χ0n) is 5.30. The van der Waals surface area contributed by atoms with Crippen molar-refractivity contribution in [2.75, 3.05) is 0 Å². The molecule has 3 nitrogen and oxygen atoms in total. The molecule has 0 aliphatic rings. The Morgan fingerprint density at radius 2 is 1.80 bits per heavy atom. The highest BCUT2D eigenvalue weighted by Gasteiger charge is 2.38. The standard InChI is InChI=1S/C4H7Cl2O3S/c1-2-3-4(5,6)10(7,8)9/h2-3H2,1H3. The summed E-state index contributed by atoms with van der Waals surface area (Å²) in [4.78, 5) is 0. The normalized spacial score (nSPS) is 13.6. The first-order valence-corrected chi connectivity index (χ1v) is 4.81. The quantitative estimate of drug-likeness (QED) is 0.659. The highest BCUT2D eigenvalue weighted by Crippen LogP contribution is 2.32. The van der Waals surface area contributed by atoms with Crippen molar-refractivity contribution in [2.45, 2.75) is 23.4 Å². The molecule has 0 fully saturated rings. The lowest BCUT2D eigenvalue weighted by Crippen LogP contribution is -2.23. The summed E-state index contributed by atoms with van der Waals surface area (Å²) in [6.07, 6.45) is 0.413. The van der Waals surface area contributed by atoms with Crippen molar-refractivity contribution < 1.29 is 13.0 Å². The van der Waals surface area contributed by atoms with Crippen LogP contribution in [-0.4, -0.2) is 12.1 Å². The molecule has 0 aromatic rings. The SMILES string of the molecule is CCCC(Cl)(Cl)S([O])(=O)=O. The highest BCUT2D eigenvalue weighted by molar-refractivity contribution is 7.90. The maximum atomic E-state index is 10.2. The van der Waals surface area contributed by atoms with Gasteiger partial charge in [-0.25, -0.2) is 0 Å². The van der Waals surface area contributed by atoms with Crippen molar-refractivity contribution in [3.8, 4) is 0 Å². The molecule has 10 heavy (non-hydrogen) atoms. The third-order valence-corrected chi connectivity index (χ3v) is 3.35. The number of rotatable bonds is 3.